The first-order chi connectivity index (χ1) is 12.1. The summed E-state index contributed by atoms with van der Waals surface area (Å²) in [7, 11) is 0. The van der Waals surface area contributed by atoms with Gasteiger partial charge in [-0.3, -0.25) is 19.2 Å². The number of anilines is 1. The molecule has 1 aromatic carbocycles. The van der Waals surface area contributed by atoms with E-state index in [4.69, 9.17) is 12.2 Å². The minimum atomic E-state index is -0.0723. The molecule has 0 saturated heterocycles. The Bertz CT molecular complexity index is 895. The molecule has 0 amide bonds. The van der Waals surface area contributed by atoms with Crippen LogP contribution < -0.4 is 10.9 Å². The molecule has 1 fully saturated rings. The van der Waals surface area contributed by atoms with Gasteiger partial charge in [0.05, 0.1) is 17.9 Å². The molecule has 2 N–H and O–H groups in total. The molecule has 1 aromatic heterocycles. The van der Waals surface area contributed by atoms with Crippen LogP contribution >= 0.6 is 12.2 Å². The second kappa shape index (κ2) is 6.77. The third-order valence-corrected chi connectivity index (χ3v) is 5.65. The predicted molar refractivity (Wildman–Crippen MR) is 103 cm³/mol. The van der Waals surface area contributed by atoms with Crippen LogP contribution in [0.5, 0.6) is 0 Å². The van der Waals surface area contributed by atoms with Gasteiger partial charge in [-0.05, 0) is 49.7 Å². The van der Waals surface area contributed by atoms with E-state index < -0.39 is 0 Å². The molecule has 132 valence electrons. The van der Waals surface area contributed by atoms with Crippen LogP contribution in [-0.4, -0.2) is 27.2 Å². The van der Waals surface area contributed by atoms with E-state index in [2.05, 4.69) is 34.3 Å². The summed E-state index contributed by atoms with van der Waals surface area (Å²) >= 11 is 5.46. The smallest absolute Gasteiger partial charge is 0.258 e. The predicted octanol–water partition coefficient (Wildman–Crippen LogP) is 3.72. The normalized spacial score (nSPS) is 18.6. The molecule has 5 nitrogen and oxygen atoms in total. The number of aryl methyl sites for hydroxylation is 1. The highest BCUT2D eigenvalue weighted by atomic mass is 32.1. The van der Waals surface area contributed by atoms with E-state index in [1.54, 1.807) is 0 Å². The Balaban J connectivity index is 1.75. The molecule has 0 bridgehead atoms. The van der Waals surface area contributed by atoms with Crippen LogP contribution in [0.25, 0.3) is 5.69 Å². The second-order valence-corrected chi connectivity index (χ2v) is 7.52. The van der Waals surface area contributed by atoms with Crippen LogP contribution in [0.4, 0.5) is 5.82 Å². The van der Waals surface area contributed by atoms with Gasteiger partial charge in [0.15, 0.2) is 4.77 Å². The van der Waals surface area contributed by atoms with Crippen LogP contribution in [0.2, 0.25) is 0 Å². The van der Waals surface area contributed by atoms with Crippen LogP contribution in [-0.2, 0) is 6.54 Å². The Morgan fingerprint density at radius 2 is 2.00 bits per heavy atom. The van der Waals surface area contributed by atoms with Gasteiger partial charge >= 0.3 is 0 Å². The fraction of sp³-hybridized carbons (Fsp3) is 0.474. The minimum absolute atomic E-state index is 0.0723. The van der Waals surface area contributed by atoms with Crippen LogP contribution in [0.15, 0.2) is 29.1 Å². The summed E-state index contributed by atoms with van der Waals surface area (Å²) in [4.78, 5) is 17.8. The number of aromatic nitrogens is 2. The van der Waals surface area contributed by atoms with Crippen molar-refractivity contribution in [2.24, 2.45) is 0 Å². The van der Waals surface area contributed by atoms with Crippen molar-refractivity contribution < 1.29 is 0 Å². The lowest BCUT2D eigenvalue weighted by Gasteiger charge is -2.38. The van der Waals surface area contributed by atoms with Gasteiger partial charge in [-0.15, -0.1) is 0 Å². The van der Waals surface area contributed by atoms with Crippen molar-refractivity contribution in [3.8, 4) is 5.69 Å². The summed E-state index contributed by atoms with van der Waals surface area (Å²) in [6, 6.07) is 8.76. The van der Waals surface area contributed by atoms with Gasteiger partial charge in [-0.1, -0.05) is 31.4 Å². The van der Waals surface area contributed by atoms with Gasteiger partial charge in [-0.25, -0.2) is 0 Å². The molecule has 0 atom stereocenters. The van der Waals surface area contributed by atoms with Crippen LogP contribution in [0.1, 0.15) is 43.2 Å². The molecule has 0 radical (unpaired) electrons. The van der Waals surface area contributed by atoms with Crippen molar-refractivity contribution in [2.75, 3.05) is 12.0 Å². The van der Waals surface area contributed by atoms with Gasteiger partial charge in [0, 0.05) is 12.6 Å². The second-order valence-electron chi connectivity index (χ2n) is 7.13. The molecule has 0 unspecified atom stereocenters. The first-order valence-electron chi connectivity index (χ1n) is 9.06. The highest BCUT2D eigenvalue weighted by molar-refractivity contribution is 7.71. The zero-order chi connectivity index (χ0) is 17.4. The molecule has 1 aliphatic carbocycles. The monoisotopic (exact) mass is 356 g/mol. The van der Waals surface area contributed by atoms with E-state index in [1.165, 1.54) is 37.7 Å². The molecular formula is C19H24N4OS. The highest BCUT2D eigenvalue weighted by Crippen LogP contribution is 2.29. The van der Waals surface area contributed by atoms with Crippen molar-refractivity contribution in [3.63, 3.8) is 0 Å². The first kappa shape index (κ1) is 16.5. The Morgan fingerprint density at radius 1 is 1.20 bits per heavy atom. The maximum absolute atomic E-state index is 12.6. The number of fused-ring (bicyclic) bond motifs is 1. The molecule has 2 heterocycles. The Labute approximate surface area is 152 Å². The lowest BCUT2D eigenvalue weighted by atomic mass is 9.94. The number of rotatable bonds is 2. The molecule has 1 saturated carbocycles. The fourth-order valence-electron chi connectivity index (χ4n) is 4.06. The lowest BCUT2D eigenvalue weighted by molar-refractivity contribution is 0.152. The van der Waals surface area contributed by atoms with E-state index in [9.17, 15) is 4.79 Å². The van der Waals surface area contributed by atoms with Crippen LogP contribution in [0, 0.1) is 11.7 Å². The number of nitrogens with one attached hydrogen (secondary N) is 2. The van der Waals surface area contributed by atoms with Gasteiger partial charge in [0.2, 0.25) is 0 Å². The number of H-pyrrole nitrogens is 1. The van der Waals surface area contributed by atoms with E-state index in [0.717, 1.165) is 23.7 Å². The molecular weight excluding hydrogens is 332 g/mol. The van der Waals surface area contributed by atoms with E-state index in [0.29, 0.717) is 17.4 Å². The zero-order valence-corrected chi connectivity index (χ0v) is 15.4. The number of benzene rings is 1. The quantitative estimate of drug-likeness (QED) is 0.805. The van der Waals surface area contributed by atoms with Crippen molar-refractivity contribution in [1.82, 2.24) is 14.5 Å². The number of nitrogens with zero attached hydrogens (tertiary/aromatic N) is 2. The van der Waals surface area contributed by atoms with Gasteiger partial charge in [-0.2, -0.15) is 0 Å². The van der Waals surface area contributed by atoms with E-state index in [-0.39, 0.29) is 5.56 Å². The number of hydrogen-bond donors (Lipinski definition) is 2. The summed E-state index contributed by atoms with van der Waals surface area (Å²) in [5.74, 6) is 0.839. The van der Waals surface area contributed by atoms with Crippen molar-refractivity contribution >= 4 is 18.0 Å². The van der Waals surface area contributed by atoms with Crippen molar-refractivity contribution in [1.29, 1.82) is 0 Å². The average Bonchev–Trinajstić information content (AvgIpc) is 2.62. The highest BCUT2D eigenvalue weighted by Gasteiger charge is 2.28. The van der Waals surface area contributed by atoms with Crippen molar-refractivity contribution in [2.45, 2.75) is 51.6 Å². The summed E-state index contributed by atoms with van der Waals surface area (Å²) < 4.78 is 2.39. The summed E-state index contributed by atoms with van der Waals surface area (Å²) in [6.45, 7) is 3.51. The minimum Gasteiger partial charge on any atom is -0.358 e. The van der Waals surface area contributed by atoms with Crippen molar-refractivity contribution in [3.05, 3.63) is 50.5 Å². The molecule has 4 rings (SSSR count). The fourth-order valence-corrected chi connectivity index (χ4v) is 4.35. The maximum Gasteiger partial charge on any atom is 0.258 e. The van der Waals surface area contributed by atoms with E-state index >= 15 is 0 Å². The van der Waals surface area contributed by atoms with Gasteiger partial charge in [0.1, 0.15) is 5.82 Å². The first-order valence-corrected chi connectivity index (χ1v) is 9.47. The summed E-state index contributed by atoms with van der Waals surface area (Å²) in [6.07, 6.45) is 6.37. The average molecular weight is 356 g/mol. The maximum atomic E-state index is 12.6. The summed E-state index contributed by atoms with van der Waals surface area (Å²) in [5.41, 5.74) is 2.86. The number of hydrogen-bond acceptors (Lipinski definition) is 4. The third kappa shape index (κ3) is 3.16. The van der Waals surface area contributed by atoms with E-state index in [1.807, 2.05) is 16.7 Å². The Morgan fingerprint density at radius 3 is 2.76 bits per heavy atom. The SMILES string of the molecule is Cc1cccc(-n2c3c(c(=O)[nH]c2=S)CN(C2CCCCC2)CN3)c1. The van der Waals surface area contributed by atoms with Crippen LogP contribution in [0.3, 0.4) is 0 Å². The molecule has 0 spiro atoms. The lowest BCUT2D eigenvalue weighted by Crippen LogP contribution is -2.45. The molecule has 1 aliphatic heterocycles. The molecule has 2 aromatic rings. The molecule has 25 heavy (non-hydrogen) atoms. The van der Waals surface area contributed by atoms with Gasteiger partial charge < -0.3 is 5.32 Å². The largest absolute Gasteiger partial charge is 0.358 e. The molecule has 2 aliphatic rings. The molecule has 6 heteroatoms. The Hall–Kier alpha value is -1.92. The third-order valence-electron chi connectivity index (χ3n) is 5.37. The summed E-state index contributed by atoms with van der Waals surface area (Å²) in [5, 5.41) is 3.48. The standard InChI is InChI=1S/C19H24N4OS/c1-13-6-5-9-15(10-13)23-17-16(18(24)21-19(23)25)11-22(12-20-17)14-7-3-2-4-8-14/h5-6,9-10,14,20H,2-4,7-8,11-12H2,1H3,(H,21,24,25). The van der Waals surface area contributed by atoms with Gasteiger partial charge in [0.25, 0.3) is 5.56 Å². The Kier molecular flexibility index (Phi) is 4.48. The zero-order valence-electron chi connectivity index (χ0n) is 14.5. The number of aromatic amines is 1. The topological polar surface area (TPSA) is 53.1 Å².